The molecular weight excluding hydrogens is 608 g/mol. The summed E-state index contributed by atoms with van der Waals surface area (Å²) in [4.78, 5) is 32.4. The number of benzene rings is 2. The van der Waals surface area contributed by atoms with Crippen molar-refractivity contribution >= 4 is 57.3 Å². The maximum atomic E-state index is 13.6. The Morgan fingerprint density at radius 2 is 1.81 bits per heavy atom. The Bertz CT molecular complexity index is 1640. The van der Waals surface area contributed by atoms with Crippen LogP contribution in [-0.2, 0) is 15.3 Å². The third kappa shape index (κ3) is 6.84. The average molecular weight is 637 g/mol. The molecule has 1 aliphatic heterocycles. The quantitative estimate of drug-likeness (QED) is 0.0614. The molecule has 3 heterocycles. The lowest BCUT2D eigenvalue weighted by molar-refractivity contribution is -0.132. The summed E-state index contributed by atoms with van der Waals surface area (Å²) in [5.41, 5.74) is 1.87. The Morgan fingerprint density at radius 1 is 1.07 bits per heavy atom. The highest BCUT2D eigenvalue weighted by Crippen LogP contribution is 2.45. The molecule has 1 N–H and O–H groups in total. The van der Waals surface area contributed by atoms with Crippen LogP contribution in [0.1, 0.15) is 43.0 Å². The van der Waals surface area contributed by atoms with Crippen molar-refractivity contribution in [2.24, 2.45) is 5.92 Å². The van der Waals surface area contributed by atoms with Crippen LogP contribution >= 0.6 is 34.7 Å². The molecule has 5 rings (SSSR count). The van der Waals surface area contributed by atoms with Crippen molar-refractivity contribution in [3.8, 4) is 11.5 Å². The molecule has 0 spiro atoms. The van der Waals surface area contributed by atoms with Crippen molar-refractivity contribution < 1.29 is 24.2 Å². The molecule has 9 nitrogen and oxygen atoms in total. The van der Waals surface area contributed by atoms with Crippen molar-refractivity contribution in [1.82, 2.24) is 15.2 Å². The topological polar surface area (TPSA) is 115 Å². The van der Waals surface area contributed by atoms with Gasteiger partial charge in [-0.15, -0.1) is 10.2 Å². The number of Topliss-reactive ketones (excluding diaryl/α,β-unsaturated/α-hetero) is 1. The van der Waals surface area contributed by atoms with Crippen LogP contribution in [0.15, 0.2) is 76.9 Å². The van der Waals surface area contributed by atoms with Crippen LogP contribution in [0, 0.1) is 5.92 Å². The SMILES string of the molecule is COc1cc(C2C(=C(O)c3ccncc3)C(=O)C(=O)N2c2nnc(SCc3ccc(Cl)cc3)s2)ccc1OCCC(C)C. The fourth-order valence-corrected chi connectivity index (χ4v) is 6.42. The summed E-state index contributed by atoms with van der Waals surface area (Å²) in [6.45, 7) is 4.74. The number of thioether (sulfide) groups is 1. The predicted molar refractivity (Wildman–Crippen MR) is 168 cm³/mol. The first-order valence-corrected chi connectivity index (χ1v) is 15.7. The predicted octanol–water partition coefficient (Wildman–Crippen LogP) is 6.94. The Kier molecular flexibility index (Phi) is 9.64. The number of nitrogens with zero attached hydrogens (tertiary/aromatic N) is 4. The number of ketones is 1. The normalized spacial score (nSPS) is 16.2. The second-order valence-corrected chi connectivity index (χ2v) is 12.7. The number of hydrogen-bond donors (Lipinski definition) is 1. The van der Waals surface area contributed by atoms with E-state index >= 15 is 0 Å². The minimum absolute atomic E-state index is 0.0719. The molecule has 1 unspecified atom stereocenters. The Morgan fingerprint density at radius 3 is 2.51 bits per heavy atom. The third-order valence-electron chi connectivity index (χ3n) is 6.73. The van der Waals surface area contributed by atoms with Crippen LogP contribution < -0.4 is 14.4 Å². The van der Waals surface area contributed by atoms with Gasteiger partial charge in [0.2, 0.25) is 5.13 Å². The number of methoxy groups -OCH3 is 1. The highest BCUT2D eigenvalue weighted by Gasteiger charge is 2.48. The molecule has 1 fully saturated rings. The molecule has 1 saturated heterocycles. The van der Waals surface area contributed by atoms with Gasteiger partial charge in [-0.05, 0) is 59.9 Å². The zero-order valence-electron chi connectivity index (χ0n) is 23.7. The summed E-state index contributed by atoms with van der Waals surface area (Å²) in [6, 6.07) is 14.9. The second kappa shape index (κ2) is 13.6. The lowest BCUT2D eigenvalue weighted by Gasteiger charge is -2.23. The molecule has 0 saturated carbocycles. The number of carbonyl (C=O) groups is 2. The van der Waals surface area contributed by atoms with Crippen LogP contribution in [0.4, 0.5) is 5.13 Å². The smallest absolute Gasteiger partial charge is 0.301 e. The summed E-state index contributed by atoms with van der Waals surface area (Å²) in [7, 11) is 1.53. The molecule has 1 amide bonds. The maximum absolute atomic E-state index is 13.6. The Balaban J connectivity index is 1.53. The summed E-state index contributed by atoms with van der Waals surface area (Å²) in [5, 5.41) is 20.8. The van der Waals surface area contributed by atoms with Crippen LogP contribution in [0.25, 0.3) is 5.76 Å². The number of aliphatic hydroxyl groups is 1. The van der Waals surface area contributed by atoms with Crippen LogP contribution in [0.5, 0.6) is 11.5 Å². The molecule has 2 aromatic heterocycles. The van der Waals surface area contributed by atoms with E-state index in [2.05, 4.69) is 29.0 Å². The van der Waals surface area contributed by atoms with Gasteiger partial charge in [-0.1, -0.05) is 66.7 Å². The first kappa shape index (κ1) is 30.5. The van der Waals surface area contributed by atoms with E-state index in [4.69, 9.17) is 21.1 Å². The number of ether oxygens (including phenoxy) is 2. The second-order valence-electron chi connectivity index (χ2n) is 10.1. The van der Waals surface area contributed by atoms with Gasteiger partial charge in [0, 0.05) is 28.7 Å². The molecule has 43 heavy (non-hydrogen) atoms. The van der Waals surface area contributed by atoms with Gasteiger partial charge in [-0.25, -0.2) is 0 Å². The number of aromatic nitrogens is 3. The molecule has 1 atom stereocenters. The van der Waals surface area contributed by atoms with Crippen molar-refractivity contribution in [2.75, 3.05) is 18.6 Å². The monoisotopic (exact) mass is 636 g/mol. The minimum atomic E-state index is -0.992. The lowest BCUT2D eigenvalue weighted by Crippen LogP contribution is -2.29. The van der Waals surface area contributed by atoms with Gasteiger partial charge < -0.3 is 14.6 Å². The van der Waals surface area contributed by atoms with Gasteiger partial charge in [0.15, 0.2) is 15.8 Å². The highest BCUT2D eigenvalue weighted by molar-refractivity contribution is 8.00. The number of amides is 1. The van der Waals surface area contributed by atoms with E-state index in [0.29, 0.717) is 50.3 Å². The van der Waals surface area contributed by atoms with Crippen molar-refractivity contribution in [3.63, 3.8) is 0 Å². The van der Waals surface area contributed by atoms with Crippen LogP contribution in [0.2, 0.25) is 5.02 Å². The van der Waals surface area contributed by atoms with Crippen molar-refractivity contribution in [3.05, 3.63) is 94.3 Å². The van der Waals surface area contributed by atoms with Gasteiger partial charge >= 0.3 is 5.91 Å². The number of hydrogen-bond acceptors (Lipinski definition) is 10. The van der Waals surface area contributed by atoms with Gasteiger partial charge in [-0.2, -0.15) is 0 Å². The van der Waals surface area contributed by atoms with E-state index in [1.807, 2.05) is 24.3 Å². The summed E-state index contributed by atoms with van der Waals surface area (Å²) in [5.74, 6) is 0.0991. The summed E-state index contributed by atoms with van der Waals surface area (Å²) in [6.07, 6.45) is 3.87. The zero-order chi connectivity index (χ0) is 30.5. The van der Waals surface area contributed by atoms with Crippen molar-refractivity contribution in [2.45, 2.75) is 36.4 Å². The summed E-state index contributed by atoms with van der Waals surface area (Å²) >= 11 is 8.64. The fourth-order valence-electron chi connectivity index (χ4n) is 4.47. The van der Waals surface area contributed by atoms with E-state index in [0.717, 1.165) is 12.0 Å². The number of carbonyl (C=O) groups excluding carboxylic acids is 2. The zero-order valence-corrected chi connectivity index (χ0v) is 26.1. The maximum Gasteiger partial charge on any atom is 0.301 e. The van der Waals surface area contributed by atoms with Gasteiger partial charge in [0.25, 0.3) is 5.78 Å². The van der Waals surface area contributed by atoms with E-state index in [-0.39, 0.29) is 16.5 Å². The standard InChI is InChI=1S/C31H29ClN4O5S2/c1-18(2)12-15-41-23-9-6-21(16-24(23)40-3)26-25(27(37)20-10-13-33-14-11-20)28(38)29(39)36(26)30-34-35-31(43-30)42-17-19-4-7-22(32)8-5-19/h4-11,13-14,16,18,26,37H,12,15,17H2,1-3H3. The highest BCUT2D eigenvalue weighted by atomic mass is 35.5. The van der Waals surface area contributed by atoms with Crippen molar-refractivity contribution in [1.29, 1.82) is 0 Å². The molecule has 4 aromatic rings. The van der Waals surface area contributed by atoms with Gasteiger partial charge in [-0.3, -0.25) is 19.5 Å². The number of anilines is 1. The summed E-state index contributed by atoms with van der Waals surface area (Å²) < 4.78 is 12.2. The third-order valence-corrected chi connectivity index (χ3v) is 9.11. The number of rotatable bonds is 11. The number of pyridine rings is 1. The van der Waals surface area contributed by atoms with E-state index in [1.165, 1.54) is 47.5 Å². The van der Waals surface area contributed by atoms with E-state index in [1.54, 1.807) is 30.3 Å². The first-order valence-electron chi connectivity index (χ1n) is 13.5. The van der Waals surface area contributed by atoms with E-state index < -0.39 is 17.7 Å². The lowest BCUT2D eigenvalue weighted by atomic mass is 9.95. The average Bonchev–Trinajstić information content (AvgIpc) is 3.58. The number of aliphatic hydroxyl groups excluding tert-OH is 1. The number of halogens is 1. The van der Waals surface area contributed by atoms with Crippen LogP contribution in [0.3, 0.4) is 0 Å². The first-order chi connectivity index (χ1) is 20.8. The molecule has 0 radical (unpaired) electrons. The molecule has 0 bridgehead atoms. The molecule has 0 aliphatic carbocycles. The molecule has 12 heteroatoms. The van der Waals surface area contributed by atoms with Gasteiger partial charge in [0.05, 0.1) is 25.3 Å². The molecule has 2 aromatic carbocycles. The molecule has 222 valence electrons. The van der Waals surface area contributed by atoms with E-state index in [9.17, 15) is 14.7 Å². The minimum Gasteiger partial charge on any atom is -0.507 e. The fraction of sp³-hybridized carbons (Fsp3) is 0.258. The van der Waals surface area contributed by atoms with Gasteiger partial charge in [0.1, 0.15) is 5.76 Å². The largest absolute Gasteiger partial charge is 0.507 e. The van der Waals surface area contributed by atoms with Crippen LogP contribution in [-0.4, -0.2) is 45.7 Å². The molecule has 1 aliphatic rings. The molecular formula is C31H29ClN4O5S2. The Hall–Kier alpha value is -3.93. The Labute approximate surface area is 262 Å².